The van der Waals surface area contributed by atoms with Crippen LogP contribution in [0.1, 0.15) is 15.9 Å². The van der Waals surface area contributed by atoms with Gasteiger partial charge in [0.25, 0.3) is 5.69 Å². The van der Waals surface area contributed by atoms with Gasteiger partial charge in [0.2, 0.25) is 0 Å². The van der Waals surface area contributed by atoms with Crippen LogP contribution in [0.3, 0.4) is 0 Å². The van der Waals surface area contributed by atoms with Gasteiger partial charge in [-0.15, -0.1) is 0 Å². The minimum Gasteiger partial charge on any atom is -0.744 e. The van der Waals surface area contributed by atoms with Crippen LogP contribution in [0.2, 0.25) is 0 Å². The number of quaternary nitrogens is 1. The Morgan fingerprint density at radius 2 is 1.61 bits per heavy atom. The first kappa shape index (κ1) is 28.4. The van der Waals surface area contributed by atoms with E-state index in [4.69, 9.17) is 9.47 Å². The number of esters is 1. The molecule has 0 bridgehead atoms. The number of nitrogens with zero attached hydrogens (tertiary/aromatic N) is 2. The highest BCUT2D eigenvalue weighted by Crippen LogP contribution is 2.16. The van der Waals surface area contributed by atoms with E-state index in [1.807, 2.05) is 18.2 Å². The molecular formula is C25H28N2O8S. The molecule has 0 heterocycles. The summed E-state index contributed by atoms with van der Waals surface area (Å²) in [6.45, 7) is 2.06. The van der Waals surface area contributed by atoms with E-state index in [0.717, 1.165) is 47.6 Å². The molecule has 0 N–H and O–H groups in total. The highest BCUT2D eigenvalue weighted by atomic mass is 32.2. The highest BCUT2D eigenvalue weighted by Gasteiger charge is 2.17. The Hall–Kier alpha value is -3.80. The molecule has 0 radical (unpaired) electrons. The number of carbonyl (C=O) groups is 1. The normalized spacial score (nSPS) is 11.1. The van der Waals surface area contributed by atoms with E-state index in [-0.39, 0.29) is 5.97 Å². The maximum absolute atomic E-state index is 12.0. The summed E-state index contributed by atoms with van der Waals surface area (Å²) in [4.78, 5) is 20.8. The van der Waals surface area contributed by atoms with Crippen molar-refractivity contribution in [2.75, 3.05) is 34.4 Å². The van der Waals surface area contributed by atoms with Crippen molar-refractivity contribution >= 4 is 21.8 Å². The number of nitro benzene ring substituents is 1. The van der Waals surface area contributed by atoms with Crippen LogP contribution in [-0.4, -0.2) is 62.7 Å². The molecule has 0 saturated heterocycles. The minimum absolute atomic E-state index is 0.299. The first-order valence-corrected chi connectivity index (χ1v) is 12.2. The predicted octanol–water partition coefficient (Wildman–Crippen LogP) is 3.63. The number of carbonyl (C=O) groups excluding carboxylic acids is 1. The summed E-state index contributed by atoms with van der Waals surface area (Å²) < 4.78 is 42.5. The summed E-state index contributed by atoms with van der Waals surface area (Å²) in [7, 11) is 1.25. The van der Waals surface area contributed by atoms with Gasteiger partial charge in [0, 0.05) is 17.7 Å². The van der Waals surface area contributed by atoms with Gasteiger partial charge in [-0.25, -0.2) is 13.2 Å². The van der Waals surface area contributed by atoms with Gasteiger partial charge in [0.1, 0.15) is 35.6 Å². The number of hydrogen-bond acceptors (Lipinski definition) is 8. The van der Waals surface area contributed by atoms with Gasteiger partial charge in [0.05, 0.1) is 36.6 Å². The third kappa shape index (κ3) is 9.45. The van der Waals surface area contributed by atoms with E-state index in [0.29, 0.717) is 12.2 Å². The van der Waals surface area contributed by atoms with E-state index >= 15 is 0 Å². The second-order valence-corrected chi connectivity index (χ2v) is 9.76. The van der Waals surface area contributed by atoms with Crippen molar-refractivity contribution in [1.29, 1.82) is 0 Å². The molecule has 0 fully saturated rings. The molecule has 0 unspecified atom stereocenters. The van der Waals surface area contributed by atoms with E-state index in [1.165, 1.54) is 5.56 Å². The van der Waals surface area contributed by atoms with Gasteiger partial charge in [0.15, 0.2) is 0 Å². The van der Waals surface area contributed by atoms with Crippen LogP contribution in [0.15, 0.2) is 83.8 Å². The Bertz CT molecular complexity index is 1260. The number of hydrogen-bond donors (Lipinski definition) is 0. The number of methoxy groups -OCH3 is 1. The Kier molecular flexibility index (Phi) is 10.1. The number of rotatable bonds is 9. The minimum atomic E-state index is -4.61. The molecule has 0 spiro atoms. The molecular weight excluding hydrogens is 488 g/mol. The van der Waals surface area contributed by atoms with Gasteiger partial charge in [-0.1, -0.05) is 36.4 Å². The van der Waals surface area contributed by atoms with Gasteiger partial charge < -0.3 is 18.5 Å². The fraction of sp³-hybridized carbons (Fsp3) is 0.240. The van der Waals surface area contributed by atoms with Gasteiger partial charge >= 0.3 is 5.97 Å². The monoisotopic (exact) mass is 516 g/mol. The van der Waals surface area contributed by atoms with Crippen molar-refractivity contribution in [3.8, 4) is 5.75 Å². The lowest BCUT2D eigenvalue weighted by molar-refractivity contribution is -0.903. The predicted molar refractivity (Wildman–Crippen MR) is 131 cm³/mol. The Morgan fingerprint density at radius 3 is 2.17 bits per heavy atom. The molecule has 0 saturated carbocycles. The second kappa shape index (κ2) is 12.8. The van der Waals surface area contributed by atoms with Crippen molar-refractivity contribution in [2.24, 2.45) is 0 Å². The SMILES string of the molecule is COc1ccc(C(=O)OCC[N+](C)(C)Cc2ccccc2)cc1.O=[N+]([O-])c1cccc(S(=O)(=O)[O-])c1. The van der Waals surface area contributed by atoms with E-state index < -0.39 is 25.6 Å². The van der Waals surface area contributed by atoms with Gasteiger partial charge in [-0.2, -0.15) is 0 Å². The Morgan fingerprint density at radius 1 is 0.972 bits per heavy atom. The molecule has 3 aromatic rings. The van der Waals surface area contributed by atoms with Gasteiger partial charge in [-0.05, 0) is 30.3 Å². The number of non-ortho nitro benzene ring substituents is 1. The lowest BCUT2D eigenvalue weighted by Gasteiger charge is -2.29. The largest absolute Gasteiger partial charge is 0.744 e. The van der Waals surface area contributed by atoms with Crippen LogP contribution in [0.25, 0.3) is 0 Å². The highest BCUT2D eigenvalue weighted by molar-refractivity contribution is 7.85. The van der Waals surface area contributed by atoms with Gasteiger partial charge in [-0.3, -0.25) is 10.1 Å². The second-order valence-electron chi connectivity index (χ2n) is 8.38. The average molecular weight is 517 g/mol. The summed E-state index contributed by atoms with van der Waals surface area (Å²) in [5, 5.41) is 10.2. The zero-order valence-corrected chi connectivity index (χ0v) is 21.0. The lowest BCUT2D eigenvalue weighted by atomic mass is 10.2. The zero-order chi connectivity index (χ0) is 26.8. The number of benzene rings is 3. The molecule has 0 aromatic heterocycles. The third-order valence-corrected chi connectivity index (χ3v) is 5.86. The maximum Gasteiger partial charge on any atom is 0.338 e. The van der Waals surface area contributed by atoms with Crippen molar-refractivity contribution < 1.29 is 36.6 Å². The van der Waals surface area contributed by atoms with Crippen LogP contribution in [0, 0.1) is 10.1 Å². The average Bonchev–Trinajstić information content (AvgIpc) is 2.84. The topological polar surface area (TPSA) is 136 Å². The fourth-order valence-electron chi connectivity index (χ4n) is 3.11. The Labute approximate surface area is 210 Å². The van der Waals surface area contributed by atoms with Crippen LogP contribution < -0.4 is 4.74 Å². The summed E-state index contributed by atoms with van der Waals surface area (Å²) in [5.74, 6) is 0.426. The fourth-order valence-corrected chi connectivity index (χ4v) is 3.62. The lowest BCUT2D eigenvalue weighted by Crippen LogP contribution is -2.41. The number of likely N-dealkylation sites (N-methyl/N-ethyl adjacent to an activating group) is 1. The first-order valence-electron chi connectivity index (χ1n) is 10.8. The molecule has 0 atom stereocenters. The van der Waals surface area contributed by atoms with Crippen molar-refractivity contribution in [3.63, 3.8) is 0 Å². The standard InChI is InChI=1S/C19H24NO3.C6H5NO5S/c1-20(2,15-16-7-5-4-6-8-16)13-14-23-19(21)17-9-11-18(22-3)12-10-17;8-7(9)5-2-1-3-6(4-5)13(10,11)12/h4-12H,13-15H2,1-3H3;1-4H,(H,10,11,12)/q+1;/p-1. The molecule has 0 aliphatic heterocycles. The molecule has 36 heavy (non-hydrogen) atoms. The van der Waals surface area contributed by atoms with Crippen molar-refractivity contribution in [2.45, 2.75) is 11.4 Å². The van der Waals surface area contributed by atoms with Crippen LogP contribution in [0.4, 0.5) is 5.69 Å². The molecule has 0 amide bonds. The molecule has 10 nitrogen and oxygen atoms in total. The molecule has 3 rings (SSSR count). The summed E-state index contributed by atoms with van der Waals surface area (Å²) >= 11 is 0. The number of ether oxygens (including phenoxy) is 2. The molecule has 3 aromatic carbocycles. The first-order chi connectivity index (χ1) is 16.9. The quantitative estimate of drug-likeness (QED) is 0.138. The smallest absolute Gasteiger partial charge is 0.338 e. The summed E-state index contributed by atoms with van der Waals surface area (Å²) in [6, 6.07) is 21.2. The van der Waals surface area contributed by atoms with Crippen LogP contribution >= 0.6 is 0 Å². The summed E-state index contributed by atoms with van der Waals surface area (Å²) in [6.07, 6.45) is 0. The molecule has 11 heteroatoms. The molecule has 0 aliphatic carbocycles. The third-order valence-electron chi connectivity index (χ3n) is 5.03. The van der Waals surface area contributed by atoms with E-state index in [9.17, 15) is 27.9 Å². The molecule has 0 aliphatic rings. The van der Waals surface area contributed by atoms with Crippen LogP contribution in [-0.2, 0) is 21.4 Å². The number of nitro groups is 1. The van der Waals surface area contributed by atoms with E-state index in [1.54, 1.807) is 31.4 Å². The summed E-state index contributed by atoms with van der Waals surface area (Å²) in [5.41, 5.74) is 1.40. The van der Waals surface area contributed by atoms with Crippen molar-refractivity contribution in [1.82, 2.24) is 0 Å². The van der Waals surface area contributed by atoms with E-state index in [2.05, 4.69) is 26.2 Å². The molecule has 192 valence electrons. The van der Waals surface area contributed by atoms with Crippen molar-refractivity contribution in [3.05, 3.63) is 100 Å². The maximum atomic E-state index is 12.0. The zero-order valence-electron chi connectivity index (χ0n) is 20.2. The van der Waals surface area contributed by atoms with Crippen LogP contribution in [0.5, 0.6) is 5.75 Å². The Balaban J connectivity index is 0.000000297.